The molecule has 1 aliphatic rings. The van der Waals surface area contributed by atoms with Crippen LogP contribution in [0.3, 0.4) is 0 Å². The Morgan fingerprint density at radius 2 is 1.40 bits per heavy atom. The van der Waals surface area contributed by atoms with Crippen LogP contribution in [0, 0.1) is 0 Å². The van der Waals surface area contributed by atoms with E-state index in [9.17, 15) is 0 Å². The first-order valence-electron chi connectivity index (χ1n) is 15.1. The summed E-state index contributed by atoms with van der Waals surface area (Å²) in [5.74, 6) is 0. The summed E-state index contributed by atoms with van der Waals surface area (Å²) in [5.41, 5.74) is 10.6. The first-order valence-corrected chi connectivity index (χ1v) is 15.1. The van der Waals surface area contributed by atoms with Gasteiger partial charge in [0.1, 0.15) is 11.1 Å². The maximum Gasteiger partial charge on any atom is 0.162 e. The number of nitrogens with zero attached hydrogens (tertiary/aromatic N) is 2. The summed E-state index contributed by atoms with van der Waals surface area (Å²) < 4.78 is 6.56. The number of rotatable bonds is 4. The van der Waals surface area contributed by atoms with Gasteiger partial charge in [0.15, 0.2) is 5.58 Å². The molecule has 5 aromatic carbocycles. The van der Waals surface area contributed by atoms with Crippen LogP contribution < -0.4 is 4.90 Å². The Kier molecular flexibility index (Phi) is 6.32. The highest BCUT2D eigenvalue weighted by atomic mass is 16.3. The Hall–Kier alpha value is -5.93. The summed E-state index contributed by atoms with van der Waals surface area (Å²) in [6.07, 6.45) is 12.2. The van der Waals surface area contributed by atoms with Crippen molar-refractivity contribution in [3.63, 3.8) is 0 Å². The number of furan rings is 1. The molecule has 0 atom stereocenters. The van der Waals surface area contributed by atoms with Crippen molar-refractivity contribution in [1.29, 1.82) is 0 Å². The molecular weight excluding hydrogens is 548 g/mol. The van der Waals surface area contributed by atoms with Crippen LogP contribution in [0.2, 0.25) is 0 Å². The minimum absolute atomic E-state index is 0.734. The largest absolute Gasteiger partial charge is 0.454 e. The first kappa shape index (κ1) is 26.7. The molecule has 2 aromatic heterocycles. The third kappa shape index (κ3) is 4.16. The summed E-state index contributed by atoms with van der Waals surface area (Å²) in [4.78, 5) is 7.68. The van der Waals surface area contributed by atoms with Gasteiger partial charge < -0.3 is 9.32 Å². The van der Waals surface area contributed by atoms with Crippen LogP contribution in [0.15, 0.2) is 146 Å². The molecule has 0 aliphatic carbocycles. The Balaban J connectivity index is 1.36. The second-order valence-corrected chi connectivity index (χ2v) is 11.3. The van der Waals surface area contributed by atoms with Crippen molar-refractivity contribution in [2.45, 2.75) is 0 Å². The Labute approximate surface area is 262 Å². The fourth-order valence-corrected chi connectivity index (χ4v) is 6.72. The predicted octanol–water partition coefficient (Wildman–Crippen LogP) is 11.5. The fraction of sp³-hybridized carbons (Fsp3) is 0.0238. The molecule has 0 fully saturated rings. The maximum atomic E-state index is 6.56. The topological polar surface area (TPSA) is 29.3 Å². The zero-order valence-corrected chi connectivity index (χ0v) is 24.8. The van der Waals surface area contributed by atoms with Gasteiger partial charge in [0.05, 0.1) is 5.69 Å². The van der Waals surface area contributed by atoms with E-state index in [4.69, 9.17) is 9.40 Å². The van der Waals surface area contributed by atoms with Crippen molar-refractivity contribution in [3.8, 4) is 11.3 Å². The predicted molar refractivity (Wildman–Crippen MR) is 193 cm³/mol. The number of benzene rings is 5. The van der Waals surface area contributed by atoms with Crippen molar-refractivity contribution in [3.05, 3.63) is 158 Å². The van der Waals surface area contributed by atoms with Crippen LogP contribution >= 0.6 is 0 Å². The number of fused-ring (bicyclic) bond motifs is 9. The summed E-state index contributed by atoms with van der Waals surface area (Å²) in [6, 6.07) is 33.7. The Morgan fingerprint density at radius 3 is 2.18 bits per heavy atom. The van der Waals surface area contributed by atoms with Gasteiger partial charge in [-0.15, -0.1) is 0 Å². The lowest BCUT2D eigenvalue weighted by Gasteiger charge is -2.26. The monoisotopic (exact) mass is 578 g/mol. The second kappa shape index (κ2) is 10.7. The molecule has 0 saturated carbocycles. The van der Waals surface area contributed by atoms with Crippen molar-refractivity contribution >= 4 is 72.7 Å². The molecule has 0 unspecified atom stereocenters. The standard InChI is InChI=1S/C42H30N2O/c1-4-30-31(5-2)40(28-22-24-29(25-23-28)44-26-14-6-7-15-27(3)32-16-10-12-20-36(32)44)43-41-38(30)33-17-8-9-18-34(33)39-35-19-11-13-21-37(35)45-42(39)41/h4-25H,1-3,26H2/b14-6-,15-7-. The summed E-state index contributed by atoms with van der Waals surface area (Å²) in [5, 5.41) is 5.45. The highest BCUT2D eigenvalue weighted by Gasteiger charge is 2.22. The molecule has 214 valence electrons. The molecule has 0 amide bonds. The quantitative estimate of drug-likeness (QED) is 0.195. The number of anilines is 2. The number of hydrogen-bond donors (Lipinski definition) is 0. The Morgan fingerprint density at radius 1 is 0.711 bits per heavy atom. The van der Waals surface area contributed by atoms with Gasteiger partial charge in [-0.25, -0.2) is 4.98 Å². The van der Waals surface area contributed by atoms with Crippen LogP contribution in [0.1, 0.15) is 16.7 Å². The molecule has 0 N–H and O–H groups in total. The molecule has 8 rings (SSSR count). The minimum atomic E-state index is 0.734. The van der Waals surface area contributed by atoms with E-state index in [1.807, 2.05) is 30.4 Å². The van der Waals surface area contributed by atoms with E-state index in [0.717, 1.165) is 95.1 Å². The second-order valence-electron chi connectivity index (χ2n) is 11.3. The Bertz CT molecular complexity index is 2400. The maximum absolute atomic E-state index is 6.56. The SMILES string of the molecule is C=Cc1c(-c2ccc(N3C/C=C\C=C/C(=C)c4ccccc43)cc2)nc2c3oc4ccccc4c3c3ccccc3c2c1C=C. The van der Waals surface area contributed by atoms with Crippen LogP contribution in [0.4, 0.5) is 11.4 Å². The van der Waals surface area contributed by atoms with E-state index >= 15 is 0 Å². The van der Waals surface area contributed by atoms with Gasteiger partial charge in [-0.05, 0) is 46.2 Å². The zero-order valence-electron chi connectivity index (χ0n) is 24.8. The normalized spacial score (nSPS) is 14.7. The number of allylic oxidation sites excluding steroid dienone is 4. The summed E-state index contributed by atoms with van der Waals surface area (Å²) in [6.45, 7) is 13.5. The average Bonchev–Trinajstić information content (AvgIpc) is 3.51. The van der Waals surface area contributed by atoms with Crippen molar-refractivity contribution in [2.24, 2.45) is 0 Å². The van der Waals surface area contributed by atoms with Gasteiger partial charge in [0.2, 0.25) is 0 Å². The molecule has 3 heteroatoms. The lowest BCUT2D eigenvalue weighted by molar-refractivity contribution is 0.672. The third-order valence-electron chi connectivity index (χ3n) is 8.79. The van der Waals surface area contributed by atoms with E-state index in [-0.39, 0.29) is 0 Å². The van der Waals surface area contributed by atoms with E-state index < -0.39 is 0 Å². The molecule has 0 saturated heterocycles. The number of para-hydroxylation sites is 2. The van der Waals surface area contributed by atoms with Crippen LogP contribution in [0.25, 0.3) is 72.6 Å². The van der Waals surface area contributed by atoms with Gasteiger partial charge in [-0.2, -0.15) is 0 Å². The molecule has 0 radical (unpaired) electrons. The molecule has 1 aliphatic heterocycles. The van der Waals surface area contributed by atoms with Crippen LogP contribution in [-0.2, 0) is 0 Å². The van der Waals surface area contributed by atoms with E-state index in [0.29, 0.717) is 0 Å². The van der Waals surface area contributed by atoms with Gasteiger partial charge in [0, 0.05) is 50.8 Å². The zero-order chi connectivity index (χ0) is 30.5. The summed E-state index contributed by atoms with van der Waals surface area (Å²) >= 11 is 0. The van der Waals surface area contributed by atoms with Gasteiger partial charge in [-0.1, -0.05) is 129 Å². The van der Waals surface area contributed by atoms with E-state index in [1.165, 1.54) is 0 Å². The molecule has 0 spiro atoms. The highest BCUT2D eigenvalue weighted by molar-refractivity contribution is 6.31. The molecule has 3 heterocycles. The lowest BCUT2D eigenvalue weighted by atomic mass is 9.91. The molecular formula is C42H30N2O. The highest BCUT2D eigenvalue weighted by Crippen LogP contribution is 2.44. The van der Waals surface area contributed by atoms with Crippen molar-refractivity contribution < 1.29 is 4.42 Å². The number of pyridine rings is 1. The van der Waals surface area contributed by atoms with E-state index in [2.05, 4.69) is 128 Å². The molecule has 3 nitrogen and oxygen atoms in total. The van der Waals surface area contributed by atoms with E-state index in [1.54, 1.807) is 0 Å². The first-order chi connectivity index (χ1) is 22.2. The summed E-state index contributed by atoms with van der Waals surface area (Å²) in [7, 11) is 0. The smallest absolute Gasteiger partial charge is 0.162 e. The molecule has 0 bridgehead atoms. The van der Waals surface area contributed by atoms with Gasteiger partial charge in [0.25, 0.3) is 0 Å². The van der Waals surface area contributed by atoms with Crippen molar-refractivity contribution in [2.75, 3.05) is 11.4 Å². The number of aromatic nitrogens is 1. The average molecular weight is 579 g/mol. The third-order valence-corrected chi connectivity index (χ3v) is 8.79. The minimum Gasteiger partial charge on any atom is -0.454 e. The molecule has 45 heavy (non-hydrogen) atoms. The fourth-order valence-electron chi connectivity index (χ4n) is 6.72. The van der Waals surface area contributed by atoms with Crippen LogP contribution in [0.5, 0.6) is 0 Å². The van der Waals surface area contributed by atoms with Gasteiger partial charge in [-0.3, -0.25) is 0 Å². The van der Waals surface area contributed by atoms with Crippen molar-refractivity contribution in [1.82, 2.24) is 4.98 Å². The van der Waals surface area contributed by atoms with Gasteiger partial charge >= 0.3 is 0 Å². The lowest BCUT2D eigenvalue weighted by Crippen LogP contribution is -2.18. The van der Waals surface area contributed by atoms with Crippen LogP contribution in [-0.4, -0.2) is 11.5 Å². The molecule has 7 aromatic rings. The number of hydrogen-bond acceptors (Lipinski definition) is 3.